The van der Waals surface area contributed by atoms with Crippen LogP contribution in [-0.2, 0) is 83.2 Å². The Morgan fingerprint density at radius 1 is 0.500 bits per heavy atom. The van der Waals surface area contributed by atoms with Gasteiger partial charge in [0, 0.05) is 54.7 Å². The number of unbranched alkanes of at least 4 members (excludes halogenated alkanes) is 2. The van der Waals surface area contributed by atoms with Gasteiger partial charge in [-0.2, -0.15) is 0 Å². The summed E-state index contributed by atoms with van der Waals surface area (Å²) in [6.45, 7) is 4.93. The van der Waals surface area contributed by atoms with Crippen molar-refractivity contribution in [1.29, 1.82) is 0 Å². The minimum absolute atomic E-state index is 0.00201. The summed E-state index contributed by atoms with van der Waals surface area (Å²) in [7, 11) is 0. The summed E-state index contributed by atoms with van der Waals surface area (Å²) in [4.78, 5) is 176. The van der Waals surface area contributed by atoms with Gasteiger partial charge in [0.05, 0.1) is 31.3 Å². The van der Waals surface area contributed by atoms with Crippen LogP contribution in [0.4, 0.5) is 0 Å². The highest BCUT2D eigenvalue weighted by molar-refractivity contribution is 6.01. The summed E-state index contributed by atoms with van der Waals surface area (Å²) in [5, 5.41) is 64.3. The first kappa shape index (κ1) is 78.2. The standard InChI is InChI=1S/C65H91N17O16/c1-4-34(2)54(63(95)82-55(35(3)83)64(96)80-48(27-38-31-72-44-13-6-5-11-42(38)44)59(91)76-46(25-36-15-19-40(84)20-16-36)57(89)74-45(65(97)98)14-8-10-24-67)81-62(94)51(30-53(70)87)79-61(93)50(29-52(69)86)78-58(90)47(26-37-17-21-41(85)22-18-37)77-60(92)49(28-39-32-71-33-73-39)75-56(88)43(68)12-7-9-23-66/h5-6,11,13,15-22,31-35,43,45-51,54-55,72,83-85H,4,7-10,12,14,23-30,66-68H2,1-3H3,(H2,69,86)(H2,70,87)(H,71,73)(H,74,89)(H,75,88)(H,76,91)(H,77,92)(H,78,90)(H,79,93)(H,80,96)(H,81,94)(H,82,95)(H,97,98)/t34-,35+,43-,45-,46-,47-,48-,49-,50-,51-,54-,55-/m0/s1. The smallest absolute Gasteiger partial charge is 0.326 e. The van der Waals surface area contributed by atoms with Gasteiger partial charge in [0.2, 0.25) is 65.0 Å². The van der Waals surface area contributed by atoms with Crippen LogP contribution in [0, 0.1) is 5.92 Å². The van der Waals surface area contributed by atoms with Crippen LogP contribution in [0.5, 0.6) is 11.5 Å². The summed E-state index contributed by atoms with van der Waals surface area (Å²) in [5.41, 5.74) is 30.9. The first-order valence-corrected chi connectivity index (χ1v) is 32.1. The number of carboxylic acid groups (broad SMARTS) is 1. The van der Waals surface area contributed by atoms with E-state index in [1.165, 1.54) is 68.0 Å². The van der Waals surface area contributed by atoms with Crippen molar-refractivity contribution in [2.75, 3.05) is 13.1 Å². The van der Waals surface area contributed by atoms with Gasteiger partial charge in [-0.3, -0.25) is 52.7 Å². The number of aliphatic hydroxyl groups is 1. The second-order valence-electron chi connectivity index (χ2n) is 24.0. The Labute approximate surface area is 564 Å². The Morgan fingerprint density at radius 3 is 1.41 bits per heavy atom. The lowest BCUT2D eigenvalue weighted by Gasteiger charge is -2.30. The maximum Gasteiger partial charge on any atom is 0.326 e. The molecule has 12 atom stereocenters. The number of carboxylic acids is 1. The molecule has 0 aliphatic rings. The van der Waals surface area contributed by atoms with Crippen molar-refractivity contribution in [2.24, 2.45) is 34.6 Å². The molecular weight excluding hydrogens is 1270 g/mol. The zero-order chi connectivity index (χ0) is 72.2. The number of aromatic nitrogens is 3. The number of rotatable bonds is 42. The molecule has 0 fully saturated rings. The number of carbonyl (C=O) groups excluding carboxylic acids is 11. The molecule has 5 rings (SSSR count). The number of nitrogens with two attached hydrogens (primary N) is 5. The van der Waals surface area contributed by atoms with Crippen molar-refractivity contribution in [3.63, 3.8) is 0 Å². The number of phenolic OH excluding ortho intramolecular Hbond substituents is 2. The van der Waals surface area contributed by atoms with Gasteiger partial charge in [0.1, 0.15) is 65.9 Å². The number of amides is 11. The molecule has 33 nitrogen and oxygen atoms in total. The number of hydrogen-bond acceptors (Lipinski definition) is 19. The minimum atomic E-state index is -1.96. The van der Waals surface area contributed by atoms with Crippen LogP contribution in [0.25, 0.3) is 10.9 Å². The molecule has 0 bridgehead atoms. The van der Waals surface area contributed by atoms with Crippen LogP contribution in [0.2, 0.25) is 0 Å². The molecule has 532 valence electrons. The van der Waals surface area contributed by atoms with Crippen LogP contribution < -0.4 is 76.5 Å². The number of H-pyrrole nitrogens is 2. The molecule has 33 heteroatoms. The van der Waals surface area contributed by atoms with E-state index in [-0.39, 0.29) is 63.0 Å². The molecule has 0 radical (unpaired) electrons. The van der Waals surface area contributed by atoms with E-state index in [2.05, 4.69) is 62.8 Å². The lowest BCUT2D eigenvalue weighted by molar-refractivity contribution is -0.142. The molecule has 0 aliphatic heterocycles. The van der Waals surface area contributed by atoms with Crippen LogP contribution >= 0.6 is 0 Å². The molecule has 0 aliphatic carbocycles. The van der Waals surface area contributed by atoms with E-state index in [4.69, 9.17) is 28.7 Å². The van der Waals surface area contributed by atoms with Gasteiger partial charge < -0.3 is 107 Å². The van der Waals surface area contributed by atoms with E-state index >= 15 is 0 Å². The molecule has 0 unspecified atom stereocenters. The third-order valence-corrected chi connectivity index (χ3v) is 16.2. The largest absolute Gasteiger partial charge is 0.508 e. The molecule has 3 aromatic carbocycles. The Balaban J connectivity index is 1.40. The number of hydrogen-bond donors (Lipinski definition) is 20. The number of aromatic amines is 2. The molecule has 0 saturated heterocycles. The highest BCUT2D eigenvalue weighted by Gasteiger charge is 2.39. The van der Waals surface area contributed by atoms with Crippen molar-refractivity contribution >= 4 is 81.9 Å². The summed E-state index contributed by atoms with van der Waals surface area (Å²) >= 11 is 0. The van der Waals surface area contributed by atoms with Gasteiger partial charge in [-0.25, -0.2) is 9.78 Å². The number of aliphatic hydroxyl groups excluding tert-OH is 1. The second-order valence-corrected chi connectivity index (χ2v) is 24.0. The highest BCUT2D eigenvalue weighted by atomic mass is 16.4. The number of carbonyl (C=O) groups is 12. The molecule has 2 heterocycles. The molecule has 0 spiro atoms. The van der Waals surface area contributed by atoms with Crippen LogP contribution in [-0.4, -0.2) is 186 Å². The molecule has 98 heavy (non-hydrogen) atoms. The molecular formula is C65H91N17O16. The second kappa shape index (κ2) is 38.9. The fourth-order valence-corrected chi connectivity index (χ4v) is 10.4. The summed E-state index contributed by atoms with van der Waals surface area (Å²) in [6.07, 6.45) is 1.97. The zero-order valence-corrected chi connectivity index (χ0v) is 54.7. The molecule has 5 aromatic rings. The number of primary amides is 2. The lowest BCUT2D eigenvalue weighted by Crippen LogP contribution is -2.63. The van der Waals surface area contributed by atoms with Crippen molar-refractivity contribution in [1.82, 2.24) is 62.8 Å². The monoisotopic (exact) mass is 1370 g/mol. The molecule has 25 N–H and O–H groups in total. The van der Waals surface area contributed by atoms with Gasteiger partial charge in [0.25, 0.3) is 0 Å². The predicted molar refractivity (Wildman–Crippen MR) is 355 cm³/mol. The number of nitrogens with one attached hydrogen (secondary N) is 11. The number of fused-ring (bicyclic) bond motifs is 1. The minimum Gasteiger partial charge on any atom is -0.508 e. The average Bonchev–Trinajstić information content (AvgIpc) is 1.58. The van der Waals surface area contributed by atoms with E-state index in [9.17, 15) is 78.0 Å². The van der Waals surface area contributed by atoms with Crippen LogP contribution in [0.15, 0.2) is 91.5 Å². The van der Waals surface area contributed by atoms with Crippen molar-refractivity contribution < 1.29 is 78.0 Å². The SMILES string of the molecule is CC[C@H](C)[C@H](NC(=O)[C@H](CC(N)=O)NC(=O)[C@H](CC(N)=O)NC(=O)[C@H](Cc1ccc(O)cc1)NC(=O)[C@H](Cc1cnc[nH]1)NC(=O)[C@@H](N)CCCCN)C(=O)N[C@H](C(=O)N[C@@H](Cc1c[nH]c2ccccc12)C(=O)N[C@@H](Cc1ccc(O)cc1)C(=O)N[C@@H](CCCCN)C(=O)O)[C@@H](C)O. The number of imidazole rings is 1. The normalized spacial score (nSPS) is 14.9. The topological polar surface area (TPSA) is 569 Å². The van der Waals surface area contributed by atoms with Gasteiger partial charge in [-0.15, -0.1) is 0 Å². The fraction of sp³-hybridized carbons (Fsp3) is 0.462. The van der Waals surface area contributed by atoms with E-state index in [0.29, 0.717) is 65.5 Å². The quantitative estimate of drug-likeness (QED) is 0.0171. The van der Waals surface area contributed by atoms with Gasteiger partial charge >= 0.3 is 5.97 Å². The van der Waals surface area contributed by atoms with Crippen molar-refractivity contribution in [3.8, 4) is 11.5 Å². The Morgan fingerprint density at radius 2 is 0.929 bits per heavy atom. The molecule has 2 aromatic heterocycles. The van der Waals surface area contributed by atoms with E-state index in [0.717, 1.165) is 6.92 Å². The Kier molecular flexibility index (Phi) is 31.0. The predicted octanol–water partition coefficient (Wildman–Crippen LogP) is -3.22. The molecule has 11 amide bonds. The van der Waals surface area contributed by atoms with E-state index in [1.807, 2.05) is 0 Å². The Bertz CT molecular complexity index is 3510. The van der Waals surface area contributed by atoms with Crippen LogP contribution in [0.3, 0.4) is 0 Å². The third-order valence-electron chi connectivity index (χ3n) is 16.2. The van der Waals surface area contributed by atoms with Gasteiger partial charge in [-0.1, -0.05) is 69.2 Å². The van der Waals surface area contributed by atoms with Gasteiger partial charge in [0.15, 0.2) is 0 Å². The van der Waals surface area contributed by atoms with Crippen molar-refractivity contribution in [3.05, 3.63) is 114 Å². The third kappa shape index (κ3) is 24.9. The number of phenols is 2. The highest BCUT2D eigenvalue weighted by Crippen LogP contribution is 2.21. The summed E-state index contributed by atoms with van der Waals surface area (Å²) in [6, 6.07) is 2.13. The fourth-order valence-electron chi connectivity index (χ4n) is 10.4. The number of para-hydroxylation sites is 1. The maximum atomic E-state index is 14.7. The molecule has 0 saturated carbocycles. The Hall–Kier alpha value is -10.5. The number of nitrogens with zero attached hydrogens (tertiary/aromatic N) is 1. The number of aromatic hydroxyl groups is 2. The number of benzene rings is 3. The first-order valence-electron chi connectivity index (χ1n) is 32.1. The van der Waals surface area contributed by atoms with Crippen molar-refractivity contribution in [2.45, 2.75) is 171 Å². The van der Waals surface area contributed by atoms with Crippen LogP contribution in [0.1, 0.15) is 101 Å². The summed E-state index contributed by atoms with van der Waals surface area (Å²) in [5.74, 6) is -14.1. The maximum absolute atomic E-state index is 14.7. The summed E-state index contributed by atoms with van der Waals surface area (Å²) < 4.78 is 0. The zero-order valence-electron chi connectivity index (χ0n) is 54.7. The van der Waals surface area contributed by atoms with E-state index in [1.54, 1.807) is 37.4 Å². The first-order chi connectivity index (χ1) is 46.6. The average molecular weight is 1370 g/mol. The lowest BCUT2D eigenvalue weighted by atomic mass is 9.96. The number of aliphatic carboxylic acids is 1. The van der Waals surface area contributed by atoms with Gasteiger partial charge in [-0.05, 0) is 105 Å². The van der Waals surface area contributed by atoms with E-state index < -0.39 is 156 Å².